The molecule has 2 saturated carbocycles. The largest absolute Gasteiger partial charge is 0.377 e. The van der Waals surface area contributed by atoms with Gasteiger partial charge in [0.2, 0.25) is 0 Å². The highest BCUT2D eigenvalue weighted by Crippen LogP contribution is 2.62. The summed E-state index contributed by atoms with van der Waals surface area (Å²) in [5.74, 6) is 0.746. The Balaban J connectivity index is 0.00000110. The summed E-state index contributed by atoms with van der Waals surface area (Å²) in [5.41, 5.74) is 6.14. The Morgan fingerprint density at radius 1 is 1.53 bits per heavy atom. The molecule has 2 heterocycles. The van der Waals surface area contributed by atoms with Gasteiger partial charge in [0.15, 0.2) is 5.13 Å². The van der Waals surface area contributed by atoms with Gasteiger partial charge in [-0.2, -0.15) is 0 Å². The van der Waals surface area contributed by atoms with Gasteiger partial charge >= 0.3 is 0 Å². The monoisotopic (exact) mass is 301 g/mol. The summed E-state index contributed by atoms with van der Waals surface area (Å²) in [4.78, 5) is 5.35. The Bertz CT molecular complexity index is 462. The van der Waals surface area contributed by atoms with Gasteiger partial charge < -0.3 is 15.8 Å². The average molecular weight is 302 g/mol. The molecule has 0 radical (unpaired) electrons. The standard InChI is InChI=1S/C13H19N3OS.ClH/c14-12-16-7-8(18-12)6-15-10-9-2-5-17-11(9)13(10)3-1-4-13;/h7,9-11,15H,1-6H2,(H2,14,16);1H. The van der Waals surface area contributed by atoms with Gasteiger partial charge in [0.05, 0.1) is 6.10 Å². The van der Waals surface area contributed by atoms with Gasteiger partial charge in [0.1, 0.15) is 0 Å². The number of hydrogen-bond donors (Lipinski definition) is 2. The molecular weight excluding hydrogens is 282 g/mol. The first-order chi connectivity index (χ1) is 8.79. The predicted molar refractivity (Wildman–Crippen MR) is 78.5 cm³/mol. The number of nitrogens with one attached hydrogen (secondary N) is 1. The zero-order valence-electron chi connectivity index (χ0n) is 10.8. The van der Waals surface area contributed by atoms with Crippen LogP contribution in [0.1, 0.15) is 30.6 Å². The Kier molecular flexibility index (Phi) is 3.50. The first kappa shape index (κ1) is 13.6. The second kappa shape index (κ2) is 4.88. The molecule has 3 unspecified atom stereocenters. The lowest BCUT2D eigenvalue weighted by Crippen LogP contribution is -2.70. The molecule has 1 aromatic rings. The molecule has 1 saturated heterocycles. The van der Waals surface area contributed by atoms with E-state index in [1.807, 2.05) is 6.20 Å². The minimum atomic E-state index is 0. The lowest BCUT2D eigenvalue weighted by Gasteiger charge is -2.63. The van der Waals surface area contributed by atoms with E-state index in [1.165, 1.54) is 30.6 Å². The number of nitrogens with zero attached hydrogens (tertiary/aromatic N) is 1. The molecule has 0 amide bonds. The molecule has 19 heavy (non-hydrogen) atoms. The predicted octanol–water partition coefficient (Wildman–Crippen LogP) is 2.19. The van der Waals surface area contributed by atoms with Crippen molar-refractivity contribution in [3.05, 3.63) is 11.1 Å². The average Bonchev–Trinajstić information content (AvgIpc) is 2.86. The van der Waals surface area contributed by atoms with Crippen molar-refractivity contribution in [3.8, 4) is 0 Å². The van der Waals surface area contributed by atoms with Gasteiger partial charge in [-0.25, -0.2) is 4.98 Å². The van der Waals surface area contributed by atoms with E-state index < -0.39 is 0 Å². The van der Waals surface area contributed by atoms with Crippen molar-refractivity contribution in [1.82, 2.24) is 10.3 Å². The fraction of sp³-hybridized carbons (Fsp3) is 0.769. The Labute approximate surface area is 123 Å². The van der Waals surface area contributed by atoms with Gasteiger partial charge in [-0.15, -0.1) is 23.7 Å². The Hall–Kier alpha value is -0.360. The highest BCUT2D eigenvalue weighted by atomic mass is 35.5. The normalized spacial score (nSPS) is 34.2. The molecule has 3 aliphatic rings. The van der Waals surface area contributed by atoms with E-state index in [-0.39, 0.29) is 12.4 Å². The van der Waals surface area contributed by atoms with Crippen molar-refractivity contribution in [1.29, 1.82) is 0 Å². The van der Waals surface area contributed by atoms with Crippen molar-refractivity contribution < 1.29 is 4.74 Å². The maximum absolute atomic E-state index is 5.93. The van der Waals surface area contributed by atoms with Crippen LogP contribution in [-0.4, -0.2) is 23.7 Å². The third-order valence-corrected chi connectivity index (χ3v) is 5.93. The third-order valence-electron chi connectivity index (χ3n) is 5.10. The van der Waals surface area contributed by atoms with Gasteiger partial charge in [-0.3, -0.25) is 0 Å². The molecule has 4 nitrogen and oxygen atoms in total. The van der Waals surface area contributed by atoms with Crippen molar-refractivity contribution in [2.75, 3.05) is 12.3 Å². The molecule has 1 spiro atoms. The van der Waals surface area contributed by atoms with Crippen molar-refractivity contribution in [2.24, 2.45) is 11.3 Å². The quantitative estimate of drug-likeness (QED) is 0.898. The molecule has 106 valence electrons. The molecule has 3 fully saturated rings. The summed E-state index contributed by atoms with van der Waals surface area (Å²) in [7, 11) is 0. The summed E-state index contributed by atoms with van der Waals surface area (Å²) in [6, 6.07) is 0.655. The fourth-order valence-electron chi connectivity index (χ4n) is 4.17. The molecule has 2 aliphatic carbocycles. The van der Waals surface area contributed by atoms with E-state index in [9.17, 15) is 0 Å². The number of rotatable bonds is 3. The van der Waals surface area contributed by atoms with E-state index in [1.54, 1.807) is 11.3 Å². The van der Waals surface area contributed by atoms with E-state index in [4.69, 9.17) is 10.5 Å². The van der Waals surface area contributed by atoms with Crippen LogP contribution >= 0.6 is 23.7 Å². The molecule has 0 bridgehead atoms. The van der Waals surface area contributed by atoms with Crippen LogP contribution in [0.2, 0.25) is 0 Å². The number of ether oxygens (including phenoxy) is 1. The van der Waals surface area contributed by atoms with Crippen molar-refractivity contribution in [2.45, 2.75) is 44.4 Å². The van der Waals surface area contributed by atoms with Crippen molar-refractivity contribution in [3.63, 3.8) is 0 Å². The maximum Gasteiger partial charge on any atom is 0.180 e. The maximum atomic E-state index is 5.93. The fourth-order valence-corrected chi connectivity index (χ4v) is 4.81. The lowest BCUT2D eigenvalue weighted by atomic mass is 9.46. The number of nitrogens with two attached hydrogens (primary N) is 1. The Morgan fingerprint density at radius 3 is 3.00 bits per heavy atom. The zero-order valence-corrected chi connectivity index (χ0v) is 12.4. The van der Waals surface area contributed by atoms with E-state index >= 15 is 0 Å². The summed E-state index contributed by atoms with van der Waals surface area (Å²) in [5, 5.41) is 4.42. The number of aromatic nitrogens is 1. The van der Waals surface area contributed by atoms with Crippen LogP contribution in [0.3, 0.4) is 0 Å². The number of anilines is 1. The van der Waals surface area contributed by atoms with E-state index in [2.05, 4.69) is 10.3 Å². The summed E-state index contributed by atoms with van der Waals surface area (Å²) in [6.07, 6.45) is 7.73. The topological polar surface area (TPSA) is 60.2 Å². The minimum Gasteiger partial charge on any atom is -0.377 e. The smallest absolute Gasteiger partial charge is 0.180 e. The van der Waals surface area contributed by atoms with Crippen LogP contribution in [0.15, 0.2) is 6.20 Å². The molecule has 1 aromatic heterocycles. The van der Waals surface area contributed by atoms with Crippen LogP contribution in [0.4, 0.5) is 5.13 Å². The second-order valence-electron chi connectivity index (χ2n) is 5.85. The number of thiazole rings is 1. The first-order valence-corrected chi connectivity index (χ1v) is 7.66. The van der Waals surface area contributed by atoms with Gasteiger partial charge in [0, 0.05) is 41.6 Å². The lowest BCUT2D eigenvalue weighted by molar-refractivity contribution is -0.176. The zero-order chi connectivity index (χ0) is 12.2. The highest BCUT2D eigenvalue weighted by Gasteiger charge is 2.66. The Morgan fingerprint density at radius 2 is 2.37 bits per heavy atom. The highest BCUT2D eigenvalue weighted by molar-refractivity contribution is 7.15. The van der Waals surface area contributed by atoms with E-state index in [0.29, 0.717) is 22.7 Å². The van der Waals surface area contributed by atoms with Crippen LogP contribution in [-0.2, 0) is 11.3 Å². The van der Waals surface area contributed by atoms with E-state index in [0.717, 1.165) is 19.1 Å². The van der Waals surface area contributed by atoms with Gasteiger partial charge in [-0.05, 0) is 19.3 Å². The summed E-state index contributed by atoms with van der Waals surface area (Å²) < 4.78 is 5.93. The van der Waals surface area contributed by atoms with Crippen LogP contribution in [0.25, 0.3) is 0 Å². The summed E-state index contributed by atoms with van der Waals surface area (Å²) >= 11 is 1.59. The number of fused-ring (bicyclic) bond motifs is 2. The summed E-state index contributed by atoms with van der Waals surface area (Å²) in [6.45, 7) is 1.87. The first-order valence-electron chi connectivity index (χ1n) is 6.85. The molecule has 4 rings (SSSR count). The van der Waals surface area contributed by atoms with Crippen LogP contribution in [0, 0.1) is 11.3 Å². The van der Waals surface area contributed by atoms with Crippen LogP contribution in [0.5, 0.6) is 0 Å². The second-order valence-corrected chi connectivity index (χ2v) is 7.00. The molecule has 1 aliphatic heterocycles. The van der Waals surface area contributed by atoms with Gasteiger partial charge in [0.25, 0.3) is 0 Å². The molecule has 3 atom stereocenters. The SMILES string of the molecule is Cl.Nc1ncc(CNC2C3CCOC3C23CCC3)s1. The molecule has 0 aromatic carbocycles. The minimum absolute atomic E-state index is 0. The van der Waals surface area contributed by atoms with Gasteiger partial charge in [-0.1, -0.05) is 6.42 Å². The van der Waals surface area contributed by atoms with Crippen LogP contribution < -0.4 is 11.1 Å². The number of nitrogen functional groups attached to an aromatic ring is 1. The number of halogens is 1. The van der Waals surface area contributed by atoms with Crippen molar-refractivity contribution >= 4 is 28.9 Å². The third kappa shape index (κ3) is 1.90. The molecule has 6 heteroatoms. The number of hydrogen-bond acceptors (Lipinski definition) is 5. The molecular formula is C13H20ClN3OS. The molecule has 3 N–H and O–H groups in total.